The number of imidazole rings is 1. The average molecular weight is 309 g/mol. The standard InChI is InChI=1S/C16H18F3N3/c1-10-20-4-5-22(10)8-11-6-13-14(21-9-15(13,2)3)7-12(11)16(17,18)19/h4-7,21H,8-9H2,1-3H3. The highest BCUT2D eigenvalue weighted by molar-refractivity contribution is 5.63. The van der Waals surface area contributed by atoms with Crippen molar-refractivity contribution < 1.29 is 13.2 Å². The normalized spacial score (nSPS) is 16.5. The SMILES string of the molecule is Cc1nccn1Cc1cc2c(cc1C(F)(F)F)NCC2(C)C. The van der Waals surface area contributed by atoms with Crippen LogP contribution in [0.1, 0.15) is 36.4 Å². The number of nitrogens with one attached hydrogen (secondary N) is 1. The third-order valence-corrected chi connectivity index (χ3v) is 4.26. The molecule has 0 radical (unpaired) electrons. The number of anilines is 1. The fourth-order valence-electron chi connectivity index (χ4n) is 2.91. The second-order valence-electron chi connectivity index (χ2n) is 6.39. The summed E-state index contributed by atoms with van der Waals surface area (Å²) in [6.45, 7) is 6.67. The molecule has 0 bridgehead atoms. The molecule has 22 heavy (non-hydrogen) atoms. The van der Waals surface area contributed by atoms with Gasteiger partial charge in [-0.1, -0.05) is 19.9 Å². The molecule has 118 valence electrons. The van der Waals surface area contributed by atoms with Crippen LogP contribution in [0.25, 0.3) is 0 Å². The molecule has 6 heteroatoms. The van der Waals surface area contributed by atoms with Gasteiger partial charge in [-0.3, -0.25) is 0 Å². The molecule has 0 atom stereocenters. The highest BCUT2D eigenvalue weighted by atomic mass is 19.4. The van der Waals surface area contributed by atoms with Crippen LogP contribution < -0.4 is 5.32 Å². The summed E-state index contributed by atoms with van der Waals surface area (Å²) in [6.07, 6.45) is -1.07. The maximum atomic E-state index is 13.4. The third-order valence-electron chi connectivity index (χ3n) is 4.26. The van der Waals surface area contributed by atoms with E-state index in [0.717, 1.165) is 5.56 Å². The van der Waals surface area contributed by atoms with Gasteiger partial charge < -0.3 is 9.88 Å². The molecule has 0 unspecified atom stereocenters. The summed E-state index contributed by atoms with van der Waals surface area (Å²) in [7, 11) is 0. The lowest BCUT2D eigenvalue weighted by atomic mass is 9.85. The van der Waals surface area contributed by atoms with E-state index in [1.807, 2.05) is 13.8 Å². The monoisotopic (exact) mass is 309 g/mol. The number of aromatic nitrogens is 2. The zero-order chi connectivity index (χ0) is 16.1. The summed E-state index contributed by atoms with van der Waals surface area (Å²) < 4.78 is 41.9. The van der Waals surface area contributed by atoms with Crippen molar-refractivity contribution in [2.45, 2.75) is 38.9 Å². The number of halogens is 3. The topological polar surface area (TPSA) is 29.9 Å². The molecule has 0 saturated carbocycles. The second-order valence-corrected chi connectivity index (χ2v) is 6.39. The van der Waals surface area contributed by atoms with Crippen molar-refractivity contribution in [2.75, 3.05) is 11.9 Å². The average Bonchev–Trinajstić information content (AvgIpc) is 2.93. The summed E-state index contributed by atoms with van der Waals surface area (Å²) in [5.41, 5.74) is 1.06. The summed E-state index contributed by atoms with van der Waals surface area (Å²) in [5.74, 6) is 0.700. The minimum Gasteiger partial charge on any atom is -0.384 e. The van der Waals surface area contributed by atoms with E-state index in [9.17, 15) is 13.2 Å². The minimum absolute atomic E-state index is 0.168. The molecule has 1 aromatic carbocycles. The molecule has 3 nitrogen and oxygen atoms in total. The predicted octanol–water partition coefficient (Wildman–Crippen LogP) is 3.96. The number of fused-ring (bicyclic) bond motifs is 1. The number of aryl methyl sites for hydroxylation is 1. The van der Waals surface area contributed by atoms with Crippen molar-refractivity contribution in [3.8, 4) is 0 Å². The van der Waals surface area contributed by atoms with E-state index < -0.39 is 11.7 Å². The van der Waals surface area contributed by atoms with Gasteiger partial charge in [-0.15, -0.1) is 0 Å². The molecule has 1 N–H and O–H groups in total. The zero-order valence-corrected chi connectivity index (χ0v) is 12.8. The first kappa shape index (κ1) is 14.9. The van der Waals surface area contributed by atoms with E-state index in [1.165, 1.54) is 6.07 Å². The number of hydrogen-bond donors (Lipinski definition) is 1. The van der Waals surface area contributed by atoms with Gasteiger partial charge in [0.1, 0.15) is 5.82 Å². The van der Waals surface area contributed by atoms with Gasteiger partial charge in [-0.25, -0.2) is 4.98 Å². The second kappa shape index (κ2) is 4.76. The van der Waals surface area contributed by atoms with E-state index in [2.05, 4.69) is 10.3 Å². The van der Waals surface area contributed by atoms with E-state index >= 15 is 0 Å². The van der Waals surface area contributed by atoms with Crippen molar-refractivity contribution in [2.24, 2.45) is 0 Å². The summed E-state index contributed by atoms with van der Waals surface area (Å²) in [5, 5.41) is 3.08. The van der Waals surface area contributed by atoms with Gasteiger partial charge in [0.15, 0.2) is 0 Å². The smallest absolute Gasteiger partial charge is 0.384 e. The van der Waals surface area contributed by atoms with Crippen LogP contribution in [-0.2, 0) is 18.1 Å². The number of hydrogen-bond acceptors (Lipinski definition) is 2. The first-order valence-electron chi connectivity index (χ1n) is 7.15. The number of alkyl halides is 3. The molecule has 0 aliphatic carbocycles. The molecule has 0 fully saturated rings. The van der Waals surface area contributed by atoms with E-state index in [1.54, 1.807) is 30.0 Å². The predicted molar refractivity (Wildman–Crippen MR) is 79.0 cm³/mol. The molecule has 0 saturated heterocycles. The molecular weight excluding hydrogens is 291 g/mol. The van der Waals surface area contributed by atoms with Gasteiger partial charge in [0.25, 0.3) is 0 Å². The molecular formula is C16H18F3N3. The Balaban J connectivity index is 2.12. The zero-order valence-electron chi connectivity index (χ0n) is 12.8. The first-order chi connectivity index (χ1) is 10.2. The van der Waals surface area contributed by atoms with Gasteiger partial charge in [0.05, 0.1) is 5.56 Å². The molecule has 2 aromatic rings. The summed E-state index contributed by atoms with van der Waals surface area (Å²) in [4.78, 5) is 4.08. The Morgan fingerprint density at radius 3 is 2.64 bits per heavy atom. The summed E-state index contributed by atoms with van der Waals surface area (Å²) >= 11 is 0. The van der Waals surface area contributed by atoms with Crippen molar-refractivity contribution >= 4 is 5.69 Å². The Morgan fingerprint density at radius 1 is 1.32 bits per heavy atom. The lowest BCUT2D eigenvalue weighted by Gasteiger charge is -2.20. The molecule has 1 aliphatic rings. The number of benzene rings is 1. The Kier molecular flexibility index (Phi) is 3.23. The highest BCUT2D eigenvalue weighted by Gasteiger charge is 2.38. The van der Waals surface area contributed by atoms with Crippen LogP contribution in [0.5, 0.6) is 0 Å². The largest absolute Gasteiger partial charge is 0.416 e. The Labute approximate surface area is 127 Å². The first-order valence-corrected chi connectivity index (χ1v) is 7.15. The van der Waals surface area contributed by atoms with Crippen LogP contribution in [-0.4, -0.2) is 16.1 Å². The Morgan fingerprint density at radius 2 is 2.05 bits per heavy atom. The fourth-order valence-corrected chi connectivity index (χ4v) is 2.91. The molecule has 1 aromatic heterocycles. The van der Waals surface area contributed by atoms with Crippen LogP contribution in [0.3, 0.4) is 0 Å². The van der Waals surface area contributed by atoms with E-state index in [4.69, 9.17) is 0 Å². The van der Waals surface area contributed by atoms with Gasteiger partial charge >= 0.3 is 6.18 Å². The maximum Gasteiger partial charge on any atom is 0.416 e. The van der Waals surface area contributed by atoms with E-state index in [0.29, 0.717) is 18.1 Å². The van der Waals surface area contributed by atoms with Crippen molar-refractivity contribution in [1.29, 1.82) is 0 Å². The van der Waals surface area contributed by atoms with Crippen LogP contribution in [0.2, 0.25) is 0 Å². The molecule has 0 amide bonds. The van der Waals surface area contributed by atoms with Crippen molar-refractivity contribution in [3.63, 3.8) is 0 Å². The van der Waals surface area contributed by atoms with Crippen LogP contribution >= 0.6 is 0 Å². The van der Waals surface area contributed by atoms with E-state index in [-0.39, 0.29) is 17.5 Å². The van der Waals surface area contributed by atoms with Crippen LogP contribution in [0.4, 0.5) is 18.9 Å². The fraction of sp³-hybridized carbons (Fsp3) is 0.438. The minimum atomic E-state index is -4.37. The highest BCUT2D eigenvalue weighted by Crippen LogP contribution is 2.42. The number of rotatable bonds is 2. The van der Waals surface area contributed by atoms with Crippen molar-refractivity contribution in [3.05, 3.63) is 47.0 Å². The van der Waals surface area contributed by atoms with Gasteiger partial charge in [0, 0.05) is 36.6 Å². The van der Waals surface area contributed by atoms with Crippen LogP contribution in [0.15, 0.2) is 24.5 Å². The third kappa shape index (κ3) is 2.46. The quantitative estimate of drug-likeness (QED) is 0.910. The number of nitrogens with zero attached hydrogens (tertiary/aromatic N) is 2. The van der Waals surface area contributed by atoms with Gasteiger partial charge in [-0.05, 0) is 24.1 Å². The lowest BCUT2D eigenvalue weighted by molar-refractivity contribution is -0.138. The Hall–Kier alpha value is -1.98. The van der Waals surface area contributed by atoms with Gasteiger partial charge in [0.2, 0.25) is 0 Å². The Bertz CT molecular complexity index is 714. The lowest BCUT2D eigenvalue weighted by Crippen LogP contribution is -2.19. The molecule has 3 rings (SSSR count). The van der Waals surface area contributed by atoms with Gasteiger partial charge in [-0.2, -0.15) is 13.2 Å². The van der Waals surface area contributed by atoms with Crippen molar-refractivity contribution in [1.82, 2.24) is 9.55 Å². The molecule has 0 spiro atoms. The van der Waals surface area contributed by atoms with Crippen LogP contribution in [0, 0.1) is 6.92 Å². The molecule has 1 aliphatic heterocycles. The maximum absolute atomic E-state index is 13.4. The summed E-state index contributed by atoms with van der Waals surface area (Å²) in [6, 6.07) is 2.93. The molecule has 2 heterocycles.